The highest BCUT2D eigenvalue weighted by atomic mass is 32.2. The van der Waals surface area contributed by atoms with Gasteiger partial charge in [-0.1, -0.05) is 80.4 Å². The number of hydrogen-bond donors (Lipinski definition) is 2. The lowest BCUT2D eigenvalue weighted by Gasteiger charge is -2.27. The minimum Gasteiger partial charge on any atom is -0.481 e. The second-order valence-corrected chi connectivity index (χ2v) is 10.8. The maximum Gasteiger partial charge on any atom is 0.321 e. The second-order valence-electron chi connectivity index (χ2n) is 9.58. The Morgan fingerprint density at radius 3 is 1.89 bits per heavy atom. The monoisotopic (exact) mass is 526 g/mol. The molecule has 7 nitrogen and oxygen atoms in total. The highest BCUT2D eigenvalue weighted by Crippen LogP contribution is 2.42. The minimum absolute atomic E-state index is 0.119. The molecule has 2 fully saturated rings. The minimum atomic E-state index is -0.734. The molecule has 0 radical (unpaired) electrons. The van der Waals surface area contributed by atoms with Gasteiger partial charge in [-0.2, -0.15) is 11.8 Å². The lowest BCUT2D eigenvalue weighted by Crippen LogP contribution is -2.40. The van der Waals surface area contributed by atoms with E-state index >= 15 is 0 Å². The van der Waals surface area contributed by atoms with Crippen LogP contribution in [0.5, 0.6) is 0 Å². The number of nitrogens with zero attached hydrogens (tertiary/aromatic N) is 2. The van der Waals surface area contributed by atoms with E-state index in [1.54, 1.807) is 0 Å². The summed E-state index contributed by atoms with van der Waals surface area (Å²) in [5.74, 6) is -0.484. The number of benzene rings is 2. The predicted octanol–water partition coefficient (Wildman–Crippen LogP) is 5.88. The Hall–Kier alpha value is -3.00. The zero-order chi connectivity index (χ0) is 26.6. The Balaban J connectivity index is 0.000000479. The fourth-order valence-electron chi connectivity index (χ4n) is 4.91. The highest BCUT2D eigenvalue weighted by Gasteiger charge is 2.52. The molecule has 2 aromatic rings. The summed E-state index contributed by atoms with van der Waals surface area (Å²) >= 11 is 1.94. The zero-order valence-corrected chi connectivity index (χ0v) is 22.3. The predicted molar refractivity (Wildman–Crippen MR) is 146 cm³/mol. The Labute approximate surface area is 223 Å². The van der Waals surface area contributed by atoms with Crippen molar-refractivity contribution in [2.45, 2.75) is 82.3 Å². The van der Waals surface area contributed by atoms with Gasteiger partial charge in [0.25, 0.3) is 0 Å². The summed E-state index contributed by atoms with van der Waals surface area (Å²) in [6.45, 7) is 3.24. The van der Waals surface area contributed by atoms with Crippen LogP contribution in [0.15, 0.2) is 60.7 Å². The average molecular weight is 527 g/mol. The van der Waals surface area contributed by atoms with E-state index in [-0.39, 0.29) is 24.5 Å². The van der Waals surface area contributed by atoms with Crippen molar-refractivity contribution < 1.29 is 24.6 Å². The van der Waals surface area contributed by atoms with Gasteiger partial charge in [-0.15, -0.1) is 0 Å². The van der Waals surface area contributed by atoms with Crippen LogP contribution >= 0.6 is 11.8 Å². The molecule has 2 heterocycles. The van der Waals surface area contributed by atoms with Gasteiger partial charge in [0.05, 0.1) is 12.1 Å². The number of thioether (sulfide) groups is 1. The first kappa shape index (κ1) is 28.6. The molecule has 2 aliphatic heterocycles. The van der Waals surface area contributed by atoms with Crippen molar-refractivity contribution in [3.05, 3.63) is 71.8 Å². The van der Waals surface area contributed by atoms with E-state index in [4.69, 9.17) is 10.2 Å². The zero-order valence-electron chi connectivity index (χ0n) is 21.5. The first-order valence-electron chi connectivity index (χ1n) is 13.1. The maximum absolute atomic E-state index is 13.5. The fraction of sp³-hybridized carbons (Fsp3) is 0.483. The number of unbranched alkanes of at least 4 members (excludes halogenated alkanes) is 2. The van der Waals surface area contributed by atoms with Crippen molar-refractivity contribution in [3.8, 4) is 0 Å². The maximum atomic E-state index is 13.5. The average Bonchev–Trinajstić information content (AvgIpc) is 3.41. The van der Waals surface area contributed by atoms with Crippen LogP contribution in [0, 0.1) is 0 Å². The molecule has 0 spiro atoms. The van der Waals surface area contributed by atoms with Crippen molar-refractivity contribution >= 4 is 29.7 Å². The van der Waals surface area contributed by atoms with E-state index in [2.05, 4.69) is 29.2 Å². The van der Waals surface area contributed by atoms with Gasteiger partial charge in [0.15, 0.2) is 0 Å². The molecule has 2 amide bonds. The third kappa shape index (κ3) is 8.52. The molecule has 2 aromatic carbocycles. The van der Waals surface area contributed by atoms with Gasteiger partial charge >= 0.3 is 18.0 Å². The molecule has 8 heteroatoms. The lowest BCUT2D eigenvalue weighted by molar-refractivity contribution is -0.138. The van der Waals surface area contributed by atoms with E-state index in [1.165, 1.54) is 0 Å². The van der Waals surface area contributed by atoms with Gasteiger partial charge in [-0.3, -0.25) is 9.59 Å². The summed E-state index contributed by atoms with van der Waals surface area (Å²) in [5, 5.41) is 17.3. The van der Waals surface area contributed by atoms with Crippen LogP contribution in [0.2, 0.25) is 0 Å². The van der Waals surface area contributed by atoms with Crippen LogP contribution in [0.3, 0.4) is 0 Å². The van der Waals surface area contributed by atoms with E-state index in [0.29, 0.717) is 31.2 Å². The summed E-state index contributed by atoms with van der Waals surface area (Å²) in [4.78, 5) is 38.2. The molecule has 3 atom stereocenters. The number of carbonyl (C=O) groups is 3. The van der Waals surface area contributed by atoms with Gasteiger partial charge in [0, 0.05) is 36.9 Å². The largest absolute Gasteiger partial charge is 0.481 e. The van der Waals surface area contributed by atoms with Crippen molar-refractivity contribution in [1.82, 2.24) is 9.80 Å². The van der Waals surface area contributed by atoms with Gasteiger partial charge in [-0.25, -0.2) is 4.79 Å². The molecule has 0 unspecified atom stereocenters. The number of carbonyl (C=O) groups excluding carboxylic acids is 1. The molecular weight excluding hydrogens is 488 g/mol. The molecule has 2 aliphatic rings. The third-order valence-corrected chi connectivity index (χ3v) is 8.25. The summed E-state index contributed by atoms with van der Waals surface area (Å²) in [7, 11) is 0. The smallest absolute Gasteiger partial charge is 0.321 e. The van der Waals surface area contributed by atoms with Crippen molar-refractivity contribution in [2.75, 3.05) is 5.75 Å². The van der Waals surface area contributed by atoms with Gasteiger partial charge in [-0.05, 0) is 30.4 Å². The molecule has 2 saturated heterocycles. The van der Waals surface area contributed by atoms with Crippen molar-refractivity contribution in [2.24, 2.45) is 0 Å². The molecule has 37 heavy (non-hydrogen) atoms. The van der Waals surface area contributed by atoms with Gasteiger partial charge in [0.1, 0.15) is 0 Å². The van der Waals surface area contributed by atoms with E-state index in [1.807, 2.05) is 60.0 Å². The highest BCUT2D eigenvalue weighted by molar-refractivity contribution is 8.00. The Kier molecular flexibility index (Phi) is 11.3. The van der Waals surface area contributed by atoms with Crippen LogP contribution < -0.4 is 0 Å². The van der Waals surface area contributed by atoms with Crippen LogP contribution in [-0.2, 0) is 22.7 Å². The number of aliphatic carboxylic acids is 2. The SMILES string of the molecule is CCCCC(=O)O.O=C(O)CCCC[C@H]1SC[C@@H]2[C@H]1N(Cc1ccccc1)C(=O)N2Cc1ccccc1. The topological polar surface area (TPSA) is 98.1 Å². The molecular formula is C29H38N2O5S. The Morgan fingerprint density at radius 2 is 1.38 bits per heavy atom. The van der Waals surface area contributed by atoms with Gasteiger partial charge in [0.2, 0.25) is 0 Å². The van der Waals surface area contributed by atoms with Gasteiger partial charge < -0.3 is 20.0 Å². The van der Waals surface area contributed by atoms with Crippen LogP contribution in [0.1, 0.15) is 63.0 Å². The van der Waals surface area contributed by atoms with Crippen LogP contribution in [0.25, 0.3) is 0 Å². The van der Waals surface area contributed by atoms with Crippen LogP contribution in [-0.4, -0.2) is 61.1 Å². The number of urea groups is 1. The summed E-state index contributed by atoms with van der Waals surface area (Å²) < 4.78 is 0. The second kappa shape index (κ2) is 14.7. The fourth-order valence-corrected chi connectivity index (χ4v) is 6.59. The molecule has 0 bridgehead atoms. The number of fused-ring (bicyclic) bond motifs is 1. The van der Waals surface area contributed by atoms with Crippen molar-refractivity contribution in [1.29, 1.82) is 0 Å². The van der Waals surface area contributed by atoms with E-state index in [9.17, 15) is 14.4 Å². The molecule has 0 saturated carbocycles. The number of amides is 2. The quantitative estimate of drug-likeness (QED) is 0.265. The molecule has 0 aromatic heterocycles. The van der Waals surface area contributed by atoms with E-state index in [0.717, 1.165) is 42.6 Å². The number of carboxylic acid groups (broad SMARTS) is 2. The summed E-state index contributed by atoms with van der Waals surface area (Å²) in [6, 6.07) is 20.9. The van der Waals surface area contributed by atoms with Crippen LogP contribution in [0.4, 0.5) is 4.79 Å². The molecule has 4 rings (SSSR count). The Morgan fingerprint density at radius 1 is 0.838 bits per heavy atom. The van der Waals surface area contributed by atoms with Crippen molar-refractivity contribution in [3.63, 3.8) is 0 Å². The number of hydrogen-bond acceptors (Lipinski definition) is 4. The van der Waals surface area contributed by atoms with E-state index < -0.39 is 11.9 Å². The molecule has 2 N–H and O–H groups in total. The first-order chi connectivity index (χ1) is 17.9. The third-order valence-electron chi connectivity index (χ3n) is 6.77. The first-order valence-corrected chi connectivity index (χ1v) is 14.2. The Bertz CT molecular complexity index is 1000. The molecule has 200 valence electrons. The summed E-state index contributed by atoms with van der Waals surface area (Å²) in [5.41, 5.74) is 2.30. The number of carboxylic acids is 2. The normalized spacial score (nSPS) is 20.4. The standard InChI is InChI=1S/C24H28N2O3S.C5H10O2/c27-22(28)14-8-7-13-21-23-20(17-30-21)25(15-18-9-3-1-4-10-18)24(29)26(23)16-19-11-5-2-6-12-19;1-2-3-4-5(6)7/h1-6,9-12,20-21,23H,7-8,13-17H2,(H,27,28);2-4H2,1H3,(H,6,7)/t20-,21-,23-;/m1./s1. The number of rotatable bonds is 12. The molecule has 0 aliphatic carbocycles. The lowest BCUT2D eigenvalue weighted by atomic mass is 10.0. The summed E-state index contributed by atoms with van der Waals surface area (Å²) in [6.07, 6.45) is 4.84.